The third-order valence-electron chi connectivity index (χ3n) is 3.76. The maximum Gasteiger partial charge on any atom is 0.119 e. The fourth-order valence-electron chi connectivity index (χ4n) is 2.55. The summed E-state index contributed by atoms with van der Waals surface area (Å²) >= 11 is 0. The molecule has 0 amide bonds. The predicted molar refractivity (Wildman–Crippen MR) is 92.4 cm³/mol. The number of aryl methyl sites for hydroxylation is 1. The molecule has 21 heavy (non-hydrogen) atoms. The Morgan fingerprint density at radius 1 is 1.00 bits per heavy atom. The van der Waals surface area contributed by atoms with Crippen molar-refractivity contribution in [3.05, 3.63) is 29.3 Å². The van der Waals surface area contributed by atoms with Gasteiger partial charge in [-0.25, -0.2) is 0 Å². The molecule has 0 aromatic heterocycles. The standard InChI is InChI=1S/C19H33NO/c1-15(2)19-11-10-18(14-17(19)5)21-13-9-7-6-8-12-20-16(3)4/h10-11,14-16,20H,6-9,12-13H2,1-5H3. The first kappa shape index (κ1) is 18.0. The number of unbranched alkanes of at least 4 members (excludes halogenated alkanes) is 3. The van der Waals surface area contributed by atoms with Gasteiger partial charge >= 0.3 is 0 Å². The topological polar surface area (TPSA) is 21.3 Å². The van der Waals surface area contributed by atoms with Crippen LogP contribution in [0.4, 0.5) is 0 Å². The van der Waals surface area contributed by atoms with Gasteiger partial charge in [0.2, 0.25) is 0 Å². The Morgan fingerprint density at radius 3 is 2.33 bits per heavy atom. The lowest BCUT2D eigenvalue weighted by atomic mass is 9.98. The number of hydrogen-bond acceptors (Lipinski definition) is 2. The summed E-state index contributed by atoms with van der Waals surface area (Å²) in [5.74, 6) is 1.59. The molecular weight excluding hydrogens is 258 g/mol. The number of benzene rings is 1. The van der Waals surface area contributed by atoms with Crippen LogP contribution < -0.4 is 10.1 Å². The van der Waals surface area contributed by atoms with Crippen LogP contribution in [0.3, 0.4) is 0 Å². The highest BCUT2D eigenvalue weighted by atomic mass is 16.5. The molecule has 0 saturated carbocycles. The van der Waals surface area contributed by atoms with E-state index in [2.05, 4.69) is 58.1 Å². The van der Waals surface area contributed by atoms with Crippen molar-refractivity contribution in [2.24, 2.45) is 0 Å². The lowest BCUT2D eigenvalue weighted by molar-refractivity contribution is 0.304. The van der Waals surface area contributed by atoms with Crippen LogP contribution in [-0.2, 0) is 0 Å². The zero-order chi connectivity index (χ0) is 15.7. The van der Waals surface area contributed by atoms with Crippen LogP contribution in [-0.4, -0.2) is 19.2 Å². The Hall–Kier alpha value is -1.02. The molecule has 1 aromatic rings. The molecule has 0 aliphatic heterocycles. The predicted octanol–water partition coefficient (Wildman–Crippen LogP) is 5.06. The summed E-state index contributed by atoms with van der Waals surface area (Å²) in [6.07, 6.45) is 4.95. The highest BCUT2D eigenvalue weighted by Gasteiger charge is 2.04. The first-order valence-electron chi connectivity index (χ1n) is 8.47. The third-order valence-corrected chi connectivity index (χ3v) is 3.76. The van der Waals surface area contributed by atoms with Crippen LogP contribution in [0.2, 0.25) is 0 Å². The minimum Gasteiger partial charge on any atom is -0.494 e. The van der Waals surface area contributed by atoms with E-state index in [1.807, 2.05) is 0 Å². The highest BCUT2D eigenvalue weighted by Crippen LogP contribution is 2.23. The second-order valence-corrected chi connectivity index (χ2v) is 6.54. The number of hydrogen-bond donors (Lipinski definition) is 1. The fraction of sp³-hybridized carbons (Fsp3) is 0.684. The summed E-state index contributed by atoms with van der Waals surface area (Å²) in [7, 11) is 0. The maximum absolute atomic E-state index is 5.85. The molecule has 0 unspecified atom stereocenters. The van der Waals surface area contributed by atoms with E-state index in [1.54, 1.807) is 0 Å². The van der Waals surface area contributed by atoms with Crippen LogP contribution in [0.25, 0.3) is 0 Å². The van der Waals surface area contributed by atoms with Gasteiger partial charge in [-0.05, 0) is 55.5 Å². The minimum absolute atomic E-state index is 0.582. The lowest BCUT2D eigenvalue weighted by Gasteiger charge is -2.12. The van der Waals surface area contributed by atoms with Gasteiger partial charge in [0.25, 0.3) is 0 Å². The molecule has 1 aromatic carbocycles. The second kappa shape index (κ2) is 9.83. The van der Waals surface area contributed by atoms with Crippen molar-refractivity contribution in [1.82, 2.24) is 5.32 Å². The van der Waals surface area contributed by atoms with Crippen LogP contribution in [0, 0.1) is 6.92 Å². The van der Waals surface area contributed by atoms with Gasteiger partial charge in [0, 0.05) is 6.04 Å². The molecule has 2 heteroatoms. The smallest absolute Gasteiger partial charge is 0.119 e. The molecule has 0 atom stereocenters. The highest BCUT2D eigenvalue weighted by molar-refractivity contribution is 5.36. The van der Waals surface area contributed by atoms with Crippen molar-refractivity contribution >= 4 is 0 Å². The molecule has 0 saturated heterocycles. The number of nitrogens with one attached hydrogen (secondary N) is 1. The minimum atomic E-state index is 0.582. The quantitative estimate of drug-likeness (QED) is 0.609. The zero-order valence-electron chi connectivity index (χ0n) is 14.5. The van der Waals surface area contributed by atoms with Gasteiger partial charge in [-0.1, -0.05) is 46.6 Å². The second-order valence-electron chi connectivity index (χ2n) is 6.54. The van der Waals surface area contributed by atoms with Crippen molar-refractivity contribution in [2.45, 2.75) is 72.3 Å². The average molecular weight is 291 g/mol. The van der Waals surface area contributed by atoms with E-state index >= 15 is 0 Å². The van der Waals surface area contributed by atoms with Crippen molar-refractivity contribution in [3.63, 3.8) is 0 Å². The average Bonchev–Trinajstić information content (AvgIpc) is 2.41. The summed E-state index contributed by atoms with van der Waals surface area (Å²) in [4.78, 5) is 0. The summed E-state index contributed by atoms with van der Waals surface area (Å²) < 4.78 is 5.85. The molecule has 0 fully saturated rings. The van der Waals surface area contributed by atoms with E-state index in [1.165, 1.54) is 30.4 Å². The molecular formula is C19H33NO. The molecule has 0 spiro atoms. The van der Waals surface area contributed by atoms with Gasteiger partial charge in [-0.3, -0.25) is 0 Å². The number of rotatable bonds is 10. The van der Waals surface area contributed by atoms with Crippen LogP contribution in [0.5, 0.6) is 5.75 Å². The Labute approximate surface area is 131 Å². The summed E-state index contributed by atoms with van der Waals surface area (Å²) in [5.41, 5.74) is 2.75. The van der Waals surface area contributed by atoms with E-state index in [-0.39, 0.29) is 0 Å². The van der Waals surface area contributed by atoms with Gasteiger partial charge in [0.05, 0.1) is 6.61 Å². The summed E-state index contributed by atoms with van der Waals surface area (Å²) in [6, 6.07) is 7.08. The Balaban J connectivity index is 2.14. The summed E-state index contributed by atoms with van der Waals surface area (Å²) in [5, 5.41) is 3.45. The lowest BCUT2D eigenvalue weighted by Crippen LogP contribution is -2.23. The van der Waals surface area contributed by atoms with Crippen molar-refractivity contribution in [1.29, 1.82) is 0 Å². The van der Waals surface area contributed by atoms with E-state index in [0.29, 0.717) is 12.0 Å². The van der Waals surface area contributed by atoms with Gasteiger partial charge in [-0.2, -0.15) is 0 Å². The van der Waals surface area contributed by atoms with Crippen molar-refractivity contribution in [2.75, 3.05) is 13.2 Å². The van der Waals surface area contributed by atoms with Gasteiger partial charge in [0.1, 0.15) is 5.75 Å². The van der Waals surface area contributed by atoms with E-state index in [4.69, 9.17) is 4.74 Å². The fourth-order valence-corrected chi connectivity index (χ4v) is 2.55. The summed E-state index contributed by atoms with van der Waals surface area (Å²) in [6.45, 7) is 13.0. The first-order valence-corrected chi connectivity index (χ1v) is 8.47. The SMILES string of the molecule is Cc1cc(OCCCCCCNC(C)C)ccc1C(C)C. The molecule has 0 heterocycles. The van der Waals surface area contributed by atoms with E-state index in [0.717, 1.165) is 25.3 Å². The Kier molecular flexibility index (Phi) is 8.44. The van der Waals surface area contributed by atoms with E-state index < -0.39 is 0 Å². The van der Waals surface area contributed by atoms with Gasteiger partial charge in [0.15, 0.2) is 0 Å². The molecule has 2 nitrogen and oxygen atoms in total. The Bertz CT molecular complexity index is 399. The molecule has 0 aliphatic carbocycles. The molecule has 120 valence electrons. The normalized spacial score (nSPS) is 11.4. The zero-order valence-corrected chi connectivity index (χ0v) is 14.5. The van der Waals surface area contributed by atoms with Crippen molar-refractivity contribution in [3.8, 4) is 5.75 Å². The molecule has 0 aliphatic rings. The van der Waals surface area contributed by atoms with Gasteiger partial charge in [-0.15, -0.1) is 0 Å². The molecule has 1 N–H and O–H groups in total. The van der Waals surface area contributed by atoms with Gasteiger partial charge < -0.3 is 10.1 Å². The van der Waals surface area contributed by atoms with Crippen LogP contribution in [0.1, 0.15) is 70.4 Å². The van der Waals surface area contributed by atoms with Crippen LogP contribution in [0.15, 0.2) is 18.2 Å². The maximum atomic E-state index is 5.85. The van der Waals surface area contributed by atoms with E-state index in [9.17, 15) is 0 Å². The largest absolute Gasteiger partial charge is 0.494 e. The third kappa shape index (κ3) is 7.52. The number of ether oxygens (including phenoxy) is 1. The monoisotopic (exact) mass is 291 g/mol. The molecule has 0 bridgehead atoms. The first-order chi connectivity index (χ1) is 10.0. The molecule has 0 radical (unpaired) electrons. The van der Waals surface area contributed by atoms with Crippen molar-refractivity contribution < 1.29 is 4.74 Å². The Morgan fingerprint density at radius 2 is 1.71 bits per heavy atom. The molecule has 1 rings (SSSR count). The van der Waals surface area contributed by atoms with Crippen LogP contribution >= 0.6 is 0 Å².